The fourth-order valence-electron chi connectivity index (χ4n) is 3.04. The fraction of sp³-hybridized carbons (Fsp3) is 0.333. The molecule has 108 valence electrons. The minimum Gasteiger partial charge on any atom is -0.497 e. The molecule has 1 aliphatic carbocycles. The standard InChI is InChI=1S/C15H12O6/c1-18-8-4-2-7(3-5-8)9-6-10-12-13(21-15(17)20-12)11(9)19-14(10)16/h2-6,10-13H,1H3/t10-,11+,12-,13+/m0/s1. The second-order valence-corrected chi connectivity index (χ2v) is 5.15. The quantitative estimate of drug-likeness (QED) is 0.769. The molecule has 0 spiro atoms. The Kier molecular flexibility index (Phi) is 2.48. The van der Waals surface area contributed by atoms with Gasteiger partial charge in [-0.3, -0.25) is 4.79 Å². The molecule has 1 aromatic carbocycles. The summed E-state index contributed by atoms with van der Waals surface area (Å²) in [4.78, 5) is 23.2. The van der Waals surface area contributed by atoms with Crippen molar-refractivity contribution in [1.82, 2.24) is 0 Å². The Balaban J connectivity index is 1.73. The minimum absolute atomic E-state index is 0.378. The lowest BCUT2D eigenvalue weighted by atomic mass is 9.78. The number of ether oxygens (including phenoxy) is 4. The highest BCUT2D eigenvalue weighted by molar-refractivity contribution is 5.88. The van der Waals surface area contributed by atoms with Crippen molar-refractivity contribution in [2.24, 2.45) is 5.92 Å². The van der Waals surface area contributed by atoms with E-state index >= 15 is 0 Å². The molecule has 6 heteroatoms. The first kappa shape index (κ1) is 12.3. The summed E-state index contributed by atoms with van der Waals surface area (Å²) in [5.41, 5.74) is 1.74. The van der Waals surface area contributed by atoms with Crippen LogP contribution in [0.2, 0.25) is 0 Å². The van der Waals surface area contributed by atoms with E-state index in [4.69, 9.17) is 18.9 Å². The van der Waals surface area contributed by atoms with Gasteiger partial charge in [0.2, 0.25) is 0 Å². The molecule has 5 rings (SSSR count). The van der Waals surface area contributed by atoms with Gasteiger partial charge in [0, 0.05) is 5.57 Å². The molecule has 3 heterocycles. The zero-order valence-electron chi connectivity index (χ0n) is 11.1. The number of rotatable bonds is 2. The van der Waals surface area contributed by atoms with Gasteiger partial charge >= 0.3 is 12.1 Å². The molecular weight excluding hydrogens is 276 g/mol. The van der Waals surface area contributed by atoms with Crippen molar-refractivity contribution in [3.05, 3.63) is 35.9 Å². The molecule has 0 radical (unpaired) electrons. The maximum atomic E-state index is 11.8. The lowest BCUT2D eigenvalue weighted by molar-refractivity contribution is -0.169. The molecule has 3 aliphatic heterocycles. The molecule has 2 fully saturated rings. The van der Waals surface area contributed by atoms with Crippen molar-refractivity contribution in [1.29, 1.82) is 0 Å². The van der Waals surface area contributed by atoms with Crippen LogP contribution in [-0.2, 0) is 19.0 Å². The third-order valence-electron chi connectivity index (χ3n) is 4.05. The average Bonchev–Trinajstić information content (AvgIpc) is 2.90. The Labute approximate surface area is 120 Å². The van der Waals surface area contributed by atoms with E-state index in [0.717, 1.165) is 16.9 Å². The maximum absolute atomic E-state index is 11.8. The van der Waals surface area contributed by atoms with Crippen molar-refractivity contribution in [3.63, 3.8) is 0 Å². The van der Waals surface area contributed by atoms with Gasteiger partial charge in [-0.05, 0) is 17.7 Å². The van der Waals surface area contributed by atoms with Crippen molar-refractivity contribution in [3.8, 4) is 5.75 Å². The van der Waals surface area contributed by atoms with Crippen LogP contribution in [0.4, 0.5) is 4.79 Å². The Morgan fingerprint density at radius 3 is 2.43 bits per heavy atom. The Bertz CT molecular complexity index is 647. The summed E-state index contributed by atoms with van der Waals surface area (Å²) >= 11 is 0. The van der Waals surface area contributed by atoms with Gasteiger partial charge in [-0.15, -0.1) is 0 Å². The number of hydrogen-bond acceptors (Lipinski definition) is 6. The lowest BCUT2D eigenvalue weighted by Gasteiger charge is -2.39. The second-order valence-electron chi connectivity index (χ2n) is 5.15. The van der Waals surface area contributed by atoms with Crippen LogP contribution < -0.4 is 4.74 Å². The van der Waals surface area contributed by atoms with E-state index in [1.807, 2.05) is 24.3 Å². The Hall–Kier alpha value is -2.50. The van der Waals surface area contributed by atoms with Crippen molar-refractivity contribution in [2.75, 3.05) is 7.11 Å². The first-order valence-corrected chi connectivity index (χ1v) is 6.61. The van der Waals surface area contributed by atoms with E-state index in [2.05, 4.69) is 0 Å². The molecule has 0 N–H and O–H groups in total. The van der Waals surface area contributed by atoms with E-state index in [1.54, 1.807) is 13.2 Å². The summed E-state index contributed by atoms with van der Waals surface area (Å²) in [6.07, 6.45) is -0.704. The van der Waals surface area contributed by atoms with Gasteiger partial charge in [-0.1, -0.05) is 18.2 Å². The van der Waals surface area contributed by atoms with Crippen molar-refractivity contribution in [2.45, 2.75) is 18.3 Å². The Morgan fingerprint density at radius 2 is 1.71 bits per heavy atom. The summed E-state index contributed by atoms with van der Waals surface area (Å²) < 4.78 is 20.7. The minimum atomic E-state index is -0.748. The van der Waals surface area contributed by atoms with Crippen molar-refractivity contribution < 1.29 is 28.5 Å². The zero-order chi connectivity index (χ0) is 14.6. The molecule has 4 aliphatic rings. The van der Waals surface area contributed by atoms with Gasteiger partial charge in [0.15, 0.2) is 18.3 Å². The molecule has 6 nitrogen and oxygen atoms in total. The van der Waals surface area contributed by atoms with Gasteiger partial charge in [0.25, 0.3) is 0 Å². The molecule has 1 aromatic rings. The second kappa shape index (κ2) is 4.25. The summed E-state index contributed by atoms with van der Waals surface area (Å²) in [6, 6.07) is 7.42. The molecule has 2 saturated heterocycles. The molecule has 0 unspecified atom stereocenters. The molecule has 0 saturated carbocycles. The first-order chi connectivity index (χ1) is 10.2. The fourth-order valence-corrected chi connectivity index (χ4v) is 3.04. The number of carbonyl (C=O) groups excluding carboxylic acids is 2. The molecule has 0 amide bonds. The first-order valence-electron chi connectivity index (χ1n) is 6.61. The highest BCUT2D eigenvalue weighted by Crippen LogP contribution is 2.43. The van der Waals surface area contributed by atoms with Gasteiger partial charge < -0.3 is 18.9 Å². The lowest BCUT2D eigenvalue weighted by Crippen LogP contribution is -2.54. The number of esters is 1. The van der Waals surface area contributed by atoms with Crippen LogP contribution >= 0.6 is 0 Å². The van der Waals surface area contributed by atoms with E-state index in [1.165, 1.54) is 0 Å². The smallest absolute Gasteiger partial charge is 0.497 e. The third kappa shape index (κ3) is 1.72. The number of carbonyl (C=O) groups is 2. The molecule has 0 aromatic heterocycles. The summed E-state index contributed by atoms with van der Waals surface area (Å²) in [5.74, 6) is -0.244. The van der Waals surface area contributed by atoms with Gasteiger partial charge in [0.1, 0.15) is 11.7 Å². The van der Waals surface area contributed by atoms with E-state index in [9.17, 15) is 9.59 Å². The van der Waals surface area contributed by atoms with Crippen LogP contribution in [0.5, 0.6) is 5.75 Å². The summed E-state index contributed by atoms with van der Waals surface area (Å²) in [7, 11) is 1.60. The van der Waals surface area contributed by atoms with Crippen LogP contribution in [0.15, 0.2) is 30.3 Å². The SMILES string of the molecule is COc1ccc(C2=C[C@@H]3C(=O)O[C@H]2[C@H]2OC(=O)O[C@H]23)cc1. The summed E-state index contributed by atoms with van der Waals surface area (Å²) in [5, 5.41) is 0. The number of fused-ring (bicyclic) bond motifs is 1. The highest BCUT2D eigenvalue weighted by atomic mass is 16.8. The number of benzene rings is 1. The monoisotopic (exact) mass is 288 g/mol. The zero-order valence-corrected chi connectivity index (χ0v) is 11.1. The summed E-state index contributed by atoms with van der Waals surface area (Å²) in [6.45, 7) is 0. The number of hydrogen-bond donors (Lipinski definition) is 0. The van der Waals surface area contributed by atoms with Crippen LogP contribution in [0.3, 0.4) is 0 Å². The predicted molar refractivity (Wildman–Crippen MR) is 69.5 cm³/mol. The average molecular weight is 288 g/mol. The highest BCUT2D eigenvalue weighted by Gasteiger charge is 2.58. The van der Waals surface area contributed by atoms with Crippen molar-refractivity contribution >= 4 is 17.7 Å². The molecule has 21 heavy (non-hydrogen) atoms. The van der Waals surface area contributed by atoms with Crippen LogP contribution in [0, 0.1) is 5.92 Å². The van der Waals surface area contributed by atoms with Gasteiger partial charge in [-0.25, -0.2) is 4.79 Å². The third-order valence-corrected chi connectivity index (χ3v) is 4.05. The normalized spacial score (nSPS) is 32.7. The number of methoxy groups -OCH3 is 1. The van der Waals surface area contributed by atoms with Crippen LogP contribution in [0.25, 0.3) is 5.57 Å². The van der Waals surface area contributed by atoms with Crippen LogP contribution in [-0.4, -0.2) is 37.5 Å². The maximum Gasteiger partial charge on any atom is 0.509 e. The molecule has 2 bridgehead atoms. The predicted octanol–water partition coefficient (Wildman–Crippen LogP) is 1.54. The topological polar surface area (TPSA) is 71.1 Å². The van der Waals surface area contributed by atoms with E-state index in [-0.39, 0.29) is 5.97 Å². The van der Waals surface area contributed by atoms with E-state index < -0.39 is 30.4 Å². The largest absolute Gasteiger partial charge is 0.509 e. The molecular formula is C15H12O6. The Morgan fingerprint density at radius 1 is 1.00 bits per heavy atom. The van der Waals surface area contributed by atoms with E-state index in [0.29, 0.717) is 0 Å². The molecule has 4 atom stereocenters. The van der Waals surface area contributed by atoms with Crippen LogP contribution in [0.1, 0.15) is 5.56 Å². The van der Waals surface area contributed by atoms with Gasteiger partial charge in [-0.2, -0.15) is 0 Å². The van der Waals surface area contributed by atoms with Gasteiger partial charge in [0.05, 0.1) is 7.11 Å².